The predicted octanol–water partition coefficient (Wildman–Crippen LogP) is 5.37. The van der Waals surface area contributed by atoms with Crippen LogP contribution in [-0.2, 0) is 6.54 Å². The second-order valence-electron chi connectivity index (χ2n) is 6.38. The normalized spacial score (nSPS) is 11.3. The quantitative estimate of drug-likeness (QED) is 0.394. The Balaban J connectivity index is 1.62. The maximum Gasteiger partial charge on any atom is 0.316 e. The summed E-state index contributed by atoms with van der Waals surface area (Å²) < 4.78 is 47.4. The molecule has 0 aliphatic heterocycles. The summed E-state index contributed by atoms with van der Waals surface area (Å²) in [5.74, 6) is -1.86. The molecule has 0 aliphatic carbocycles. The molecule has 0 radical (unpaired) electrons. The van der Waals surface area contributed by atoms with Crippen LogP contribution in [0.3, 0.4) is 0 Å². The number of H-pyrrole nitrogens is 1. The van der Waals surface area contributed by atoms with Crippen molar-refractivity contribution in [3.05, 3.63) is 70.4 Å². The van der Waals surface area contributed by atoms with Gasteiger partial charge in [0.25, 0.3) is 5.89 Å². The van der Waals surface area contributed by atoms with Gasteiger partial charge in [0.15, 0.2) is 0 Å². The number of hydrogen-bond donors (Lipinski definition) is 2. The van der Waals surface area contributed by atoms with Crippen LogP contribution in [0.15, 0.2) is 52.4 Å². The van der Waals surface area contributed by atoms with Crippen molar-refractivity contribution in [3.63, 3.8) is 0 Å². The number of rotatable bonds is 5. The number of anilines is 1. The van der Waals surface area contributed by atoms with Gasteiger partial charge in [-0.1, -0.05) is 5.10 Å². The van der Waals surface area contributed by atoms with Crippen LogP contribution in [0.4, 0.5) is 19.2 Å². The monoisotopic (exact) mass is 427 g/mol. The van der Waals surface area contributed by atoms with E-state index < -0.39 is 17.5 Å². The molecule has 5 rings (SSSR count). The minimum Gasteiger partial charge on any atom is -0.403 e. The van der Waals surface area contributed by atoms with Gasteiger partial charge in [-0.2, -0.15) is 0 Å². The molecule has 0 atom stereocenters. The van der Waals surface area contributed by atoms with Crippen LogP contribution in [0, 0.1) is 17.5 Å². The molecule has 2 N–H and O–H groups in total. The molecule has 0 spiro atoms. The van der Waals surface area contributed by atoms with Crippen LogP contribution in [-0.4, -0.2) is 20.2 Å². The number of thiazole rings is 1. The van der Waals surface area contributed by atoms with E-state index in [9.17, 15) is 13.2 Å². The highest BCUT2D eigenvalue weighted by Gasteiger charge is 2.23. The van der Waals surface area contributed by atoms with Crippen LogP contribution in [0.1, 0.15) is 5.01 Å². The Morgan fingerprint density at radius 2 is 1.87 bits per heavy atom. The summed E-state index contributed by atoms with van der Waals surface area (Å²) in [6, 6.07) is 7.70. The minimum absolute atomic E-state index is 0.0622. The van der Waals surface area contributed by atoms with E-state index in [1.54, 1.807) is 6.20 Å². The van der Waals surface area contributed by atoms with Crippen LogP contribution in [0.25, 0.3) is 33.6 Å². The van der Waals surface area contributed by atoms with Crippen LogP contribution < -0.4 is 5.32 Å². The van der Waals surface area contributed by atoms with Gasteiger partial charge in [-0.25, -0.2) is 18.2 Å². The van der Waals surface area contributed by atoms with Gasteiger partial charge in [0.05, 0.1) is 23.3 Å². The van der Waals surface area contributed by atoms with Gasteiger partial charge >= 0.3 is 6.01 Å². The third-order valence-corrected chi connectivity index (χ3v) is 5.25. The first kappa shape index (κ1) is 18.4. The standard InChI is InChI=1S/C20H12F3N5OS/c21-11-3-1-10(2-4-11)17-16(13-7-12(22)8-14(23)18(13)26-17)19-27-28-20(29-19)25-9-15-24-5-6-30-15/h1-8,26H,9H2,(H,25,28). The highest BCUT2D eigenvalue weighted by atomic mass is 32.1. The maximum absolute atomic E-state index is 14.4. The molecular formula is C20H12F3N5OS. The van der Waals surface area contributed by atoms with Crippen molar-refractivity contribution < 1.29 is 17.6 Å². The molecule has 2 aromatic carbocycles. The summed E-state index contributed by atoms with van der Waals surface area (Å²) in [5.41, 5.74) is 1.37. The van der Waals surface area contributed by atoms with E-state index in [0.29, 0.717) is 23.4 Å². The zero-order valence-corrected chi connectivity index (χ0v) is 15.9. The third-order valence-electron chi connectivity index (χ3n) is 4.47. The molecule has 3 aromatic heterocycles. The molecule has 10 heteroatoms. The van der Waals surface area contributed by atoms with Crippen LogP contribution in [0.5, 0.6) is 0 Å². The van der Waals surface area contributed by atoms with Gasteiger partial charge in [-0.15, -0.1) is 16.4 Å². The molecule has 5 aromatic rings. The number of benzene rings is 2. The number of nitrogens with zero attached hydrogens (tertiary/aromatic N) is 3. The number of halogens is 3. The van der Waals surface area contributed by atoms with E-state index in [1.165, 1.54) is 41.7 Å². The SMILES string of the molecule is Fc1ccc(-c2[nH]c3c(F)cc(F)cc3c2-c2nnc(NCc3nccs3)o2)cc1. The van der Waals surface area contributed by atoms with Crippen molar-refractivity contribution in [1.29, 1.82) is 0 Å². The molecule has 0 saturated carbocycles. The van der Waals surface area contributed by atoms with Crippen molar-refractivity contribution in [2.24, 2.45) is 0 Å². The summed E-state index contributed by atoms with van der Waals surface area (Å²) in [6.07, 6.45) is 1.69. The lowest BCUT2D eigenvalue weighted by atomic mass is 10.0. The van der Waals surface area contributed by atoms with Crippen LogP contribution >= 0.6 is 11.3 Å². The van der Waals surface area contributed by atoms with E-state index in [2.05, 4.69) is 25.5 Å². The third kappa shape index (κ3) is 3.30. The van der Waals surface area contributed by atoms with Crippen molar-refractivity contribution in [2.75, 3.05) is 5.32 Å². The Morgan fingerprint density at radius 1 is 1.03 bits per heavy atom. The Kier molecular flexibility index (Phi) is 4.47. The first-order valence-corrected chi connectivity index (χ1v) is 9.69. The van der Waals surface area contributed by atoms with Gasteiger partial charge in [0.1, 0.15) is 22.5 Å². The molecule has 30 heavy (non-hydrogen) atoms. The van der Waals surface area contributed by atoms with Gasteiger partial charge in [0, 0.05) is 23.0 Å². The zero-order chi connectivity index (χ0) is 20.7. The van der Waals surface area contributed by atoms with E-state index in [4.69, 9.17) is 4.42 Å². The van der Waals surface area contributed by atoms with E-state index in [0.717, 1.165) is 11.1 Å². The van der Waals surface area contributed by atoms with Gasteiger partial charge in [0.2, 0.25) is 0 Å². The fraction of sp³-hybridized carbons (Fsp3) is 0.0500. The summed E-state index contributed by atoms with van der Waals surface area (Å²) >= 11 is 1.47. The lowest BCUT2D eigenvalue weighted by Crippen LogP contribution is -1.98. The zero-order valence-electron chi connectivity index (χ0n) is 15.1. The molecule has 0 unspecified atom stereocenters. The Hall–Kier alpha value is -3.66. The number of fused-ring (bicyclic) bond motifs is 1. The first-order chi connectivity index (χ1) is 14.6. The largest absolute Gasteiger partial charge is 0.403 e. The fourth-order valence-electron chi connectivity index (χ4n) is 3.16. The summed E-state index contributed by atoms with van der Waals surface area (Å²) in [5, 5.41) is 13.9. The molecule has 0 aliphatic rings. The summed E-state index contributed by atoms with van der Waals surface area (Å²) in [4.78, 5) is 7.09. The number of nitrogens with one attached hydrogen (secondary N) is 2. The molecule has 6 nitrogen and oxygen atoms in total. The Morgan fingerprint density at radius 3 is 2.63 bits per heavy atom. The summed E-state index contributed by atoms with van der Waals surface area (Å²) in [7, 11) is 0. The maximum atomic E-state index is 14.4. The fourth-order valence-corrected chi connectivity index (χ4v) is 3.72. The average molecular weight is 427 g/mol. The molecule has 0 saturated heterocycles. The minimum atomic E-state index is -0.763. The van der Waals surface area contributed by atoms with Gasteiger partial charge < -0.3 is 14.7 Å². The second-order valence-corrected chi connectivity index (χ2v) is 7.36. The van der Waals surface area contributed by atoms with E-state index in [1.807, 2.05) is 5.38 Å². The number of aromatic amines is 1. The Bertz CT molecular complexity index is 1330. The highest BCUT2D eigenvalue weighted by Crippen LogP contribution is 2.39. The first-order valence-electron chi connectivity index (χ1n) is 8.81. The van der Waals surface area contributed by atoms with Crippen molar-refractivity contribution in [2.45, 2.75) is 6.54 Å². The van der Waals surface area contributed by atoms with Crippen molar-refractivity contribution >= 4 is 28.3 Å². The van der Waals surface area contributed by atoms with E-state index >= 15 is 0 Å². The molecular weight excluding hydrogens is 415 g/mol. The van der Waals surface area contributed by atoms with Crippen molar-refractivity contribution in [1.82, 2.24) is 20.2 Å². The number of hydrogen-bond acceptors (Lipinski definition) is 6. The lowest BCUT2D eigenvalue weighted by Gasteiger charge is -2.02. The molecule has 0 bridgehead atoms. The van der Waals surface area contributed by atoms with Gasteiger partial charge in [-0.05, 0) is 35.9 Å². The van der Waals surface area contributed by atoms with Gasteiger partial charge in [-0.3, -0.25) is 0 Å². The predicted molar refractivity (Wildman–Crippen MR) is 106 cm³/mol. The molecule has 0 amide bonds. The topological polar surface area (TPSA) is 79.6 Å². The molecule has 150 valence electrons. The highest BCUT2D eigenvalue weighted by molar-refractivity contribution is 7.09. The summed E-state index contributed by atoms with van der Waals surface area (Å²) in [6.45, 7) is 0.390. The molecule has 3 heterocycles. The lowest BCUT2D eigenvalue weighted by molar-refractivity contribution is 0.581. The smallest absolute Gasteiger partial charge is 0.316 e. The van der Waals surface area contributed by atoms with Crippen LogP contribution in [0.2, 0.25) is 0 Å². The number of aromatic nitrogens is 4. The average Bonchev–Trinajstić information content (AvgIpc) is 3.46. The second kappa shape index (κ2) is 7.30. The Labute approximate surface area is 171 Å². The van der Waals surface area contributed by atoms with Crippen molar-refractivity contribution in [3.8, 4) is 22.7 Å². The van der Waals surface area contributed by atoms with E-state index in [-0.39, 0.29) is 22.8 Å². The molecule has 0 fully saturated rings.